The first kappa shape index (κ1) is 22.7. The van der Waals surface area contributed by atoms with Crippen molar-refractivity contribution in [2.24, 2.45) is 11.1 Å². The van der Waals surface area contributed by atoms with Gasteiger partial charge in [-0.25, -0.2) is 14.1 Å². The molecule has 0 radical (unpaired) electrons. The summed E-state index contributed by atoms with van der Waals surface area (Å²) in [5.74, 6) is -4.08. The summed E-state index contributed by atoms with van der Waals surface area (Å²) in [5.41, 5.74) is 2.13. The Hall–Kier alpha value is -2.58. The summed E-state index contributed by atoms with van der Waals surface area (Å²) < 4.78 is 32.2. The van der Waals surface area contributed by atoms with Crippen LogP contribution in [0.1, 0.15) is 39.8 Å². The van der Waals surface area contributed by atoms with Gasteiger partial charge in [0.15, 0.2) is 16.6 Å². The molecular formula is C15H20N4O8S2. The Morgan fingerprint density at radius 3 is 2.45 bits per heavy atom. The number of carboxylic acid groups (broad SMARTS) is 1. The van der Waals surface area contributed by atoms with E-state index in [-0.39, 0.29) is 16.5 Å². The first-order valence-corrected chi connectivity index (χ1v) is 10.4. The highest BCUT2D eigenvalue weighted by molar-refractivity contribution is 7.84. The van der Waals surface area contributed by atoms with Crippen LogP contribution in [0.3, 0.4) is 0 Å². The molecule has 2 heterocycles. The monoisotopic (exact) mass is 448 g/mol. The molecule has 4 N–H and O–H groups in total. The van der Waals surface area contributed by atoms with E-state index in [0.717, 1.165) is 11.3 Å². The summed E-state index contributed by atoms with van der Waals surface area (Å²) >= 11 is 1.01. The SMILES string of the molecule is CC(C)(O/N=C(\C(=O)CC1C(=O)N(S(=O)(=O)O)C1(C)C)c1csc(N)n1)C(=O)O. The van der Waals surface area contributed by atoms with Crippen LogP contribution in [0.15, 0.2) is 10.5 Å². The van der Waals surface area contributed by atoms with Gasteiger partial charge in [0.05, 0.1) is 11.5 Å². The molecule has 1 aromatic rings. The first-order chi connectivity index (χ1) is 13.1. The number of rotatable bonds is 8. The van der Waals surface area contributed by atoms with Gasteiger partial charge in [0.2, 0.25) is 11.5 Å². The van der Waals surface area contributed by atoms with Gasteiger partial charge in [0.25, 0.3) is 0 Å². The molecule has 1 saturated heterocycles. The van der Waals surface area contributed by atoms with Crippen molar-refractivity contribution in [3.8, 4) is 0 Å². The minimum Gasteiger partial charge on any atom is -0.478 e. The van der Waals surface area contributed by atoms with E-state index in [1.807, 2.05) is 0 Å². The minimum absolute atomic E-state index is 0.0231. The maximum absolute atomic E-state index is 12.8. The molecule has 160 valence electrons. The Morgan fingerprint density at radius 1 is 1.45 bits per heavy atom. The third kappa shape index (κ3) is 4.38. The fourth-order valence-corrected chi connectivity index (χ4v) is 4.29. The lowest BCUT2D eigenvalue weighted by Crippen LogP contribution is -2.69. The Labute approximate surface area is 170 Å². The van der Waals surface area contributed by atoms with Gasteiger partial charge in [-0.1, -0.05) is 5.16 Å². The van der Waals surface area contributed by atoms with Crippen molar-refractivity contribution < 1.29 is 37.3 Å². The van der Waals surface area contributed by atoms with Crippen molar-refractivity contribution in [2.75, 3.05) is 5.73 Å². The van der Waals surface area contributed by atoms with Crippen LogP contribution >= 0.6 is 11.3 Å². The van der Waals surface area contributed by atoms with Crippen LogP contribution in [0.2, 0.25) is 0 Å². The number of β-lactam (4-membered cyclic amide) rings is 1. The van der Waals surface area contributed by atoms with Crippen molar-refractivity contribution in [1.29, 1.82) is 0 Å². The number of aliphatic carboxylic acids is 1. The van der Waals surface area contributed by atoms with Gasteiger partial charge in [-0.3, -0.25) is 14.1 Å². The van der Waals surface area contributed by atoms with Crippen molar-refractivity contribution in [3.63, 3.8) is 0 Å². The van der Waals surface area contributed by atoms with E-state index in [2.05, 4.69) is 10.1 Å². The summed E-state index contributed by atoms with van der Waals surface area (Å²) in [7, 11) is -4.77. The van der Waals surface area contributed by atoms with E-state index in [1.165, 1.54) is 33.1 Å². The van der Waals surface area contributed by atoms with E-state index in [1.54, 1.807) is 0 Å². The smallest absolute Gasteiger partial charge is 0.362 e. The zero-order valence-electron chi connectivity index (χ0n) is 15.9. The fraction of sp³-hybridized carbons (Fsp3) is 0.533. The van der Waals surface area contributed by atoms with Gasteiger partial charge in [-0.05, 0) is 27.7 Å². The molecule has 1 aliphatic heterocycles. The molecule has 2 rings (SSSR count). The molecule has 14 heteroatoms. The molecule has 1 atom stereocenters. The number of nitrogens with two attached hydrogens (primary N) is 1. The third-order valence-electron chi connectivity index (χ3n) is 4.40. The molecule has 0 spiro atoms. The molecular weight excluding hydrogens is 428 g/mol. The summed E-state index contributed by atoms with van der Waals surface area (Å²) in [6.45, 7) is 5.20. The average Bonchev–Trinajstić information content (AvgIpc) is 2.97. The second-order valence-corrected chi connectivity index (χ2v) is 9.48. The van der Waals surface area contributed by atoms with Crippen LogP contribution in [0.4, 0.5) is 5.13 Å². The Kier molecular flexibility index (Phi) is 5.75. The van der Waals surface area contributed by atoms with Gasteiger partial charge >= 0.3 is 16.3 Å². The zero-order valence-corrected chi connectivity index (χ0v) is 17.6. The number of anilines is 1. The largest absolute Gasteiger partial charge is 0.478 e. The predicted octanol–water partition coefficient (Wildman–Crippen LogP) is 0.308. The van der Waals surface area contributed by atoms with Crippen LogP contribution < -0.4 is 5.73 Å². The van der Waals surface area contributed by atoms with Crippen molar-refractivity contribution in [2.45, 2.75) is 45.3 Å². The molecule has 1 unspecified atom stereocenters. The number of nitrogens with zero attached hydrogens (tertiary/aromatic N) is 3. The Morgan fingerprint density at radius 2 is 2.03 bits per heavy atom. The molecule has 12 nitrogen and oxygen atoms in total. The average molecular weight is 448 g/mol. The van der Waals surface area contributed by atoms with Crippen molar-refractivity contribution in [3.05, 3.63) is 11.1 Å². The summed E-state index contributed by atoms with van der Waals surface area (Å²) in [5, 5.41) is 14.3. The van der Waals surface area contributed by atoms with Gasteiger partial charge in [0.1, 0.15) is 5.69 Å². The maximum atomic E-state index is 12.8. The standard InChI is InChI=1S/C15H20N4O8S2/c1-14(2)7(11(21)19(14)29(24,25)26)5-9(20)10(8-6-28-13(16)17-8)18-27-15(3,4)12(22)23/h6-7H,5H2,1-4H3,(H2,16,17)(H,22,23)(H,24,25,26)/b18-10-. The summed E-state index contributed by atoms with van der Waals surface area (Å²) in [6.07, 6.45) is -0.467. The van der Waals surface area contributed by atoms with E-state index >= 15 is 0 Å². The number of hydrogen-bond donors (Lipinski definition) is 3. The molecule has 0 saturated carbocycles. The van der Waals surface area contributed by atoms with E-state index < -0.39 is 51.4 Å². The fourth-order valence-electron chi connectivity index (χ4n) is 2.67. The number of thiazole rings is 1. The number of carboxylic acids is 1. The first-order valence-electron chi connectivity index (χ1n) is 8.15. The van der Waals surface area contributed by atoms with Crippen LogP contribution in [0.25, 0.3) is 0 Å². The van der Waals surface area contributed by atoms with Crippen LogP contribution in [-0.4, -0.2) is 61.9 Å². The lowest BCUT2D eigenvalue weighted by Gasteiger charge is -2.50. The van der Waals surface area contributed by atoms with Crippen LogP contribution in [0.5, 0.6) is 0 Å². The summed E-state index contributed by atoms with van der Waals surface area (Å²) in [6, 6.07) is 0. The topological polar surface area (TPSA) is 190 Å². The van der Waals surface area contributed by atoms with Crippen molar-refractivity contribution >= 4 is 50.1 Å². The highest BCUT2D eigenvalue weighted by atomic mass is 32.2. The second kappa shape index (κ2) is 7.35. The maximum Gasteiger partial charge on any atom is 0.362 e. The highest BCUT2D eigenvalue weighted by Crippen LogP contribution is 2.41. The number of Topliss-reactive ketones (excluding diaryl/α,β-unsaturated/α-hetero) is 1. The Balaban J connectivity index is 2.32. The number of carbonyl (C=O) groups is 3. The molecule has 1 amide bonds. The number of ketones is 1. The molecule has 1 aliphatic rings. The molecule has 0 aromatic carbocycles. The van der Waals surface area contributed by atoms with E-state index in [4.69, 9.17) is 15.7 Å². The number of oxime groups is 1. The minimum atomic E-state index is -4.77. The lowest BCUT2D eigenvalue weighted by molar-refractivity contribution is -0.161. The van der Waals surface area contributed by atoms with E-state index in [0.29, 0.717) is 4.31 Å². The van der Waals surface area contributed by atoms with Crippen LogP contribution in [0, 0.1) is 5.92 Å². The number of carbonyl (C=O) groups excluding carboxylic acids is 2. The zero-order chi connectivity index (χ0) is 22.4. The van der Waals surface area contributed by atoms with Gasteiger partial charge < -0.3 is 15.7 Å². The molecule has 0 aliphatic carbocycles. The number of amides is 1. The second-order valence-electron chi connectivity index (χ2n) is 7.33. The highest BCUT2D eigenvalue weighted by Gasteiger charge is 2.59. The number of nitrogen functional groups attached to an aromatic ring is 1. The quantitative estimate of drug-likeness (QED) is 0.216. The summed E-state index contributed by atoms with van der Waals surface area (Å²) in [4.78, 5) is 45.1. The lowest BCUT2D eigenvalue weighted by atomic mass is 9.75. The van der Waals surface area contributed by atoms with E-state index in [9.17, 15) is 27.4 Å². The number of aromatic nitrogens is 1. The Bertz CT molecular complexity index is 996. The molecule has 29 heavy (non-hydrogen) atoms. The molecule has 0 bridgehead atoms. The predicted molar refractivity (Wildman–Crippen MR) is 101 cm³/mol. The van der Waals surface area contributed by atoms with Gasteiger partial charge in [-0.15, -0.1) is 11.3 Å². The normalized spacial score (nSPS) is 19.6. The third-order valence-corrected chi connectivity index (χ3v) is 6.19. The van der Waals surface area contributed by atoms with Gasteiger partial charge in [-0.2, -0.15) is 8.42 Å². The number of hydrogen-bond acceptors (Lipinski definition) is 10. The molecule has 1 aromatic heterocycles. The van der Waals surface area contributed by atoms with Crippen LogP contribution in [-0.2, 0) is 29.5 Å². The molecule has 1 fully saturated rings. The van der Waals surface area contributed by atoms with Gasteiger partial charge in [0, 0.05) is 11.8 Å². The van der Waals surface area contributed by atoms with Crippen molar-refractivity contribution in [1.82, 2.24) is 9.29 Å².